The molecule has 0 aliphatic heterocycles. The Kier molecular flexibility index (Phi) is 7.95. The van der Waals surface area contributed by atoms with Crippen LogP contribution in [0.25, 0.3) is 0 Å². The van der Waals surface area contributed by atoms with Crippen LogP contribution in [0.1, 0.15) is 81.5 Å². The Morgan fingerprint density at radius 2 is 1.82 bits per heavy atom. The number of Topliss-reactive ketones (excluding diaryl/α,β-unsaturated/α-hetero) is 1. The molecule has 7 heteroatoms. The maximum Gasteiger partial charge on any atom is 0.355 e. The summed E-state index contributed by atoms with van der Waals surface area (Å²) < 4.78 is 12.2. The highest BCUT2D eigenvalue weighted by Gasteiger charge is 2.31. The predicted molar refractivity (Wildman–Crippen MR) is 126 cm³/mol. The predicted octanol–water partition coefficient (Wildman–Crippen LogP) is 4.49. The molecule has 2 aromatic rings. The van der Waals surface area contributed by atoms with Crippen LogP contribution >= 0.6 is 0 Å². The number of hydrogen-bond acceptors (Lipinski definition) is 5. The van der Waals surface area contributed by atoms with Crippen molar-refractivity contribution >= 4 is 17.7 Å². The Labute approximate surface area is 195 Å². The van der Waals surface area contributed by atoms with Crippen LogP contribution in [-0.4, -0.2) is 53.4 Å². The minimum absolute atomic E-state index is 0.00949. The van der Waals surface area contributed by atoms with Gasteiger partial charge in [0.25, 0.3) is 5.91 Å². The van der Waals surface area contributed by atoms with E-state index in [-0.39, 0.29) is 30.9 Å². The fourth-order valence-corrected chi connectivity index (χ4v) is 4.79. The standard InChI is InChI=1S/C26H34N2O5/c1-6-33-26(31)24-17(2)23(18(3)27(24)4)22(29)16-28(20-12-8-7-9-13-20)25(30)19-11-10-14-21(15-19)32-5/h10-11,14-15,20H,6-9,12-13,16H2,1-5H3. The average Bonchev–Trinajstić information content (AvgIpc) is 3.05. The summed E-state index contributed by atoms with van der Waals surface area (Å²) in [6.07, 6.45) is 4.98. The lowest BCUT2D eigenvalue weighted by molar-refractivity contribution is 0.0513. The van der Waals surface area contributed by atoms with Crippen molar-refractivity contribution in [3.05, 3.63) is 52.3 Å². The van der Waals surface area contributed by atoms with Gasteiger partial charge in [-0.2, -0.15) is 0 Å². The highest BCUT2D eigenvalue weighted by Crippen LogP contribution is 2.27. The number of esters is 1. The summed E-state index contributed by atoms with van der Waals surface area (Å²) in [5.41, 5.74) is 2.65. The molecule has 33 heavy (non-hydrogen) atoms. The molecule has 1 aromatic carbocycles. The Hall–Kier alpha value is -3.09. The van der Waals surface area contributed by atoms with Crippen molar-refractivity contribution in [2.75, 3.05) is 20.3 Å². The zero-order valence-corrected chi connectivity index (χ0v) is 20.3. The van der Waals surface area contributed by atoms with E-state index in [4.69, 9.17) is 9.47 Å². The summed E-state index contributed by atoms with van der Waals surface area (Å²) in [5.74, 6) is -0.190. The van der Waals surface area contributed by atoms with Gasteiger partial charge < -0.3 is 18.9 Å². The molecule has 0 spiro atoms. The molecule has 178 valence electrons. The summed E-state index contributed by atoms with van der Waals surface area (Å²) in [7, 11) is 3.32. The molecule has 1 saturated carbocycles. The van der Waals surface area contributed by atoms with Crippen LogP contribution in [0.15, 0.2) is 24.3 Å². The van der Waals surface area contributed by atoms with Crippen LogP contribution in [0.5, 0.6) is 5.75 Å². The first-order valence-corrected chi connectivity index (χ1v) is 11.6. The van der Waals surface area contributed by atoms with E-state index in [1.54, 1.807) is 61.7 Å². The number of methoxy groups -OCH3 is 1. The number of ketones is 1. The maximum absolute atomic E-state index is 13.6. The lowest BCUT2D eigenvalue weighted by Crippen LogP contribution is -2.44. The van der Waals surface area contributed by atoms with Crippen molar-refractivity contribution < 1.29 is 23.9 Å². The molecular weight excluding hydrogens is 420 g/mol. The Bertz CT molecular complexity index is 1030. The number of benzene rings is 1. The second kappa shape index (κ2) is 10.7. The van der Waals surface area contributed by atoms with Gasteiger partial charge in [0.2, 0.25) is 0 Å². The Morgan fingerprint density at radius 3 is 2.45 bits per heavy atom. The molecule has 1 aliphatic rings. The number of hydrogen-bond donors (Lipinski definition) is 0. The second-order valence-electron chi connectivity index (χ2n) is 8.59. The Morgan fingerprint density at radius 1 is 1.12 bits per heavy atom. The van der Waals surface area contributed by atoms with Gasteiger partial charge in [0.1, 0.15) is 11.4 Å². The van der Waals surface area contributed by atoms with E-state index in [0.717, 1.165) is 32.1 Å². The van der Waals surface area contributed by atoms with Crippen LogP contribution in [0.3, 0.4) is 0 Å². The number of rotatable bonds is 8. The normalized spacial score (nSPS) is 14.1. The van der Waals surface area contributed by atoms with Gasteiger partial charge in [-0.3, -0.25) is 9.59 Å². The molecule has 0 radical (unpaired) electrons. The molecule has 0 atom stereocenters. The highest BCUT2D eigenvalue weighted by molar-refractivity contribution is 6.06. The van der Waals surface area contributed by atoms with Crippen LogP contribution in [-0.2, 0) is 11.8 Å². The van der Waals surface area contributed by atoms with E-state index in [1.807, 2.05) is 6.92 Å². The highest BCUT2D eigenvalue weighted by atomic mass is 16.5. The third-order valence-corrected chi connectivity index (χ3v) is 6.59. The summed E-state index contributed by atoms with van der Waals surface area (Å²) in [6, 6.07) is 7.05. The summed E-state index contributed by atoms with van der Waals surface area (Å²) in [5, 5.41) is 0. The summed E-state index contributed by atoms with van der Waals surface area (Å²) >= 11 is 0. The molecule has 3 rings (SSSR count). The zero-order valence-electron chi connectivity index (χ0n) is 20.3. The molecule has 0 saturated heterocycles. The number of amides is 1. The minimum Gasteiger partial charge on any atom is -0.497 e. The van der Waals surface area contributed by atoms with Crippen molar-refractivity contribution in [2.24, 2.45) is 7.05 Å². The third kappa shape index (κ3) is 5.13. The van der Waals surface area contributed by atoms with Crippen molar-refractivity contribution in [3.8, 4) is 5.75 Å². The zero-order chi connectivity index (χ0) is 24.1. The second-order valence-corrected chi connectivity index (χ2v) is 8.59. The molecule has 1 heterocycles. The monoisotopic (exact) mass is 454 g/mol. The molecule has 1 aromatic heterocycles. The molecule has 0 bridgehead atoms. The lowest BCUT2D eigenvalue weighted by Gasteiger charge is -2.34. The first-order valence-electron chi connectivity index (χ1n) is 11.6. The van der Waals surface area contributed by atoms with Crippen LogP contribution < -0.4 is 4.74 Å². The van der Waals surface area contributed by atoms with Gasteiger partial charge in [0.15, 0.2) is 5.78 Å². The van der Waals surface area contributed by atoms with Crippen molar-refractivity contribution in [1.82, 2.24) is 9.47 Å². The van der Waals surface area contributed by atoms with Gasteiger partial charge in [-0.25, -0.2) is 4.79 Å². The van der Waals surface area contributed by atoms with E-state index in [1.165, 1.54) is 0 Å². The number of ether oxygens (including phenoxy) is 2. The van der Waals surface area contributed by atoms with Gasteiger partial charge in [-0.15, -0.1) is 0 Å². The fourth-order valence-electron chi connectivity index (χ4n) is 4.79. The minimum atomic E-state index is -0.448. The fraction of sp³-hybridized carbons (Fsp3) is 0.500. The quantitative estimate of drug-likeness (QED) is 0.434. The smallest absolute Gasteiger partial charge is 0.355 e. The van der Waals surface area contributed by atoms with Crippen molar-refractivity contribution in [1.29, 1.82) is 0 Å². The summed E-state index contributed by atoms with van der Waals surface area (Å²) in [6.45, 7) is 5.56. The molecular formula is C26H34N2O5. The Balaban J connectivity index is 1.95. The molecule has 1 amide bonds. The van der Waals surface area contributed by atoms with Crippen LogP contribution in [0.2, 0.25) is 0 Å². The third-order valence-electron chi connectivity index (χ3n) is 6.59. The van der Waals surface area contributed by atoms with Gasteiger partial charge >= 0.3 is 5.97 Å². The number of nitrogens with zero attached hydrogens (tertiary/aromatic N) is 2. The average molecular weight is 455 g/mol. The molecule has 7 nitrogen and oxygen atoms in total. The van der Waals surface area contributed by atoms with E-state index in [9.17, 15) is 14.4 Å². The van der Waals surface area contributed by atoms with E-state index >= 15 is 0 Å². The van der Waals surface area contributed by atoms with Crippen LogP contribution in [0.4, 0.5) is 0 Å². The van der Waals surface area contributed by atoms with Gasteiger partial charge in [-0.05, 0) is 57.4 Å². The maximum atomic E-state index is 13.6. The molecule has 1 fully saturated rings. The van der Waals surface area contributed by atoms with Crippen molar-refractivity contribution in [3.63, 3.8) is 0 Å². The number of aromatic nitrogens is 1. The van der Waals surface area contributed by atoms with Gasteiger partial charge in [0, 0.05) is 29.9 Å². The first-order chi connectivity index (χ1) is 15.8. The molecule has 0 unspecified atom stereocenters. The van der Waals surface area contributed by atoms with Gasteiger partial charge in [-0.1, -0.05) is 25.3 Å². The number of carbonyl (C=O) groups excluding carboxylic acids is 3. The van der Waals surface area contributed by atoms with Gasteiger partial charge in [0.05, 0.1) is 20.3 Å². The summed E-state index contributed by atoms with van der Waals surface area (Å²) in [4.78, 5) is 41.3. The molecule has 1 aliphatic carbocycles. The molecule has 0 N–H and O–H groups in total. The topological polar surface area (TPSA) is 77.8 Å². The van der Waals surface area contributed by atoms with E-state index in [0.29, 0.717) is 33.8 Å². The van der Waals surface area contributed by atoms with E-state index < -0.39 is 5.97 Å². The lowest BCUT2D eigenvalue weighted by atomic mass is 9.93. The van der Waals surface area contributed by atoms with E-state index in [2.05, 4.69) is 0 Å². The van der Waals surface area contributed by atoms with Crippen molar-refractivity contribution in [2.45, 2.75) is 58.9 Å². The number of carbonyl (C=O) groups is 3. The van der Waals surface area contributed by atoms with Crippen LogP contribution in [0, 0.1) is 13.8 Å². The largest absolute Gasteiger partial charge is 0.497 e. The SMILES string of the molecule is CCOC(=O)c1c(C)c(C(=O)CN(C(=O)c2cccc(OC)c2)C2CCCCC2)c(C)n1C. The first kappa shape index (κ1) is 24.6.